The highest BCUT2D eigenvalue weighted by molar-refractivity contribution is 5.99. The van der Waals surface area contributed by atoms with Crippen LogP contribution in [0.4, 0.5) is 0 Å². The van der Waals surface area contributed by atoms with Gasteiger partial charge in [0, 0.05) is 55.3 Å². The first-order chi connectivity index (χ1) is 11.6. The average Bonchev–Trinajstić information content (AvgIpc) is 2.99. The lowest BCUT2D eigenvalue weighted by Crippen LogP contribution is -2.50. The molecule has 0 spiro atoms. The molecule has 0 atom stereocenters. The van der Waals surface area contributed by atoms with E-state index in [9.17, 15) is 9.59 Å². The van der Waals surface area contributed by atoms with Gasteiger partial charge in [-0.3, -0.25) is 9.59 Å². The number of amides is 2. The lowest BCUT2D eigenvalue weighted by atomic mass is 9.95. The van der Waals surface area contributed by atoms with Gasteiger partial charge in [-0.25, -0.2) is 0 Å². The number of fused-ring (bicyclic) bond motifs is 3. The maximum atomic E-state index is 12.8. The minimum absolute atomic E-state index is 0.0749. The van der Waals surface area contributed by atoms with Crippen LogP contribution in [0.15, 0.2) is 18.2 Å². The van der Waals surface area contributed by atoms with Crippen LogP contribution in [-0.4, -0.2) is 52.8 Å². The van der Waals surface area contributed by atoms with Gasteiger partial charge in [-0.05, 0) is 49.4 Å². The van der Waals surface area contributed by atoms with Crippen LogP contribution in [0, 0.1) is 0 Å². The molecule has 1 fully saturated rings. The van der Waals surface area contributed by atoms with Crippen molar-refractivity contribution in [2.45, 2.75) is 32.6 Å². The summed E-state index contributed by atoms with van der Waals surface area (Å²) in [6.45, 7) is 4.07. The molecule has 2 amide bonds. The minimum Gasteiger partial charge on any atom is -0.358 e. The van der Waals surface area contributed by atoms with Gasteiger partial charge in [-0.1, -0.05) is 0 Å². The van der Waals surface area contributed by atoms with E-state index < -0.39 is 0 Å². The summed E-state index contributed by atoms with van der Waals surface area (Å²) in [6.07, 6.45) is 4.68. The van der Waals surface area contributed by atoms with Crippen molar-refractivity contribution >= 4 is 22.7 Å². The summed E-state index contributed by atoms with van der Waals surface area (Å²) in [5, 5.41) is 1.21. The fourth-order valence-corrected chi connectivity index (χ4v) is 3.95. The molecule has 2 heterocycles. The van der Waals surface area contributed by atoms with Gasteiger partial charge in [0.05, 0.1) is 0 Å². The Morgan fingerprint density at radius 1 is 1.00 bits per heavy atom. The van der Waals surface area contributed by atoms with Gasteiger partial charge in [-0.2, -0.15) is 0 Å². The highest BCUT2D eigenvalue weighted by atomic mass is 16.2. The van der Waals surface area contributed by atoms with Crippen molar-refractivity contribution in [1.82, 2.24) is 14.8 Å². The van der Waals surface area contributed by atoms with Crippen molar-refractivity contribution in [2.75, 3.05) is 26.2 Å². The fourth-order valence-electron chi connectivity index (χ4n) is 3.95. The Labute approximate surface area is 141 Å². The smallest absolute Gasteiger partial charge is 0.253 e. The van der Waals surface area contributed by atoms with E-state index >= 15 is 0 Å². The number of benzene rings is 1. The Bertz CT molecular complexity index is 800. The third-order valence-corrected chi connectivity index (χ3v) is 5.36. The van der Waals surface area contributed by atoms with E-state index in [1.54, 1.807) is 11.8 Å². The van der Waals surface area contributed by atoms with Gasteiger partial charge in [0.1, 0.15) is 0 Å². The van der Waals surface area contributed by atoms with Gasteiger partial charge in [0.2, 0.25) is 5.91 Å². The minimum atomic E-state index is 0.0749. The number of hydrogen-bond acceptors (Lipinski definition) is 2. The number of rotatable bonds is 1. The monoisotopic (exact) mass is 325 g/mol. The molecule has 2 aromatic rings. The number of hydrogen-bond donors (Lipinski definition) is 1. The summed E-state index contributed by atoms with van der Waals surface area (Å²) in [5.41, 5.74) is 4.63. The van der Waals surface area contributed by atoms with Gasteiger partial charge in [0.15, 0.2) is 0 Å². The summed E-state index contributed by atoms with van der Waals surface area (Å²) in [5.74, 6) is 0.160. The van der Waals surface area contributed by atoms with Crippen LogP contribution in [0.3, 0.4) is 0 Å². The number of piperazine rings is 1. The van der Waals surface area contributed by atoms with Crippen molar-refractivity contribution in [3.05, 3.63) is 35.0 Å². The molecule has 4 rings (SSSR count). The zero-order chi connectivity index (χ0) is 16.7. The summed E-state index contributed by atoms with van der Waals surface area (Å²) in [4.78, 5) is 31.4. The molecule has 1 N–H and O–H groups in total. The number of H-pyrrole nitrogens is 1. The second kappa shape index (κ2) is 5.96. The van der Waals surface area contributed by atoms with E-state index in [0.29, 0.717) is 26.2 Å². The number of nitrogens with one attached hydrogen (secondary N) is 1. The molecule has 0 saturated carbocycles. The zero-order valence-corrected chi connectivity index (χ0v) is 14.1. The molecule has 1 aromatic heterocycles. The predicted molar refractivity (Wildman–Crippen MR) is 93.1 cm³/mol. The Balaban J connectivity index is 1.58. The quantitative estimate of drug-likeness (QED) is 0.875. The van der Waals surface area contributed by atoms with Gasteiger partial charge >= 0.3 is 0 Å². The second-order valence-corrected chi connectivity index (χ2v) is 6.85. The molecule has 0 bridgehead atoms. The number of aromatic amines is 1. The van der Waals surface area contributed by atoms with Gasteiger partial charge in [-0.15, -0.1) is 0 Å². The summed E-state index contributed by atoms with van der Waals surface area (Å²) >= 11 is 0. The summed E-state index contributed by atoms with van der Waals surface area (Å²) in [7, 11) is 0. The molecule has 1 aliphatic carbocycles. The molecule has 5 nitrogen and oxygen atoms in total. The number of aromatic nitrogens is 1. The predicted octanol–water partition coefficient (Wildman–Crippen LogP) is 2.35. The van der Waals surface area contributed by atoms with Crippen molar-refractivity contribution in [3.63, 3.8) is 0 Å². The van der Waals surface area contributed by atoms with Crippen LogP contribution in [0.25, 0.3) is 10.9 Å². The average molecular weight is 325 g/mol. The van der Waals surface area contributed by atoms with Crippen molar-refractivity contribution in [1.29, 1.82) is 0 Å². The number of carbonyl (C=O) groups excluding carboxylic acids is 2. The molecule has 24 heavy (non-hydrogen) atoms. The van der Waals surface area contributed by atoms with Crippen LogP contribution >= 0.6 is 0 Å². The Kier molecular flexibility index (Phi) is 3.79. The Morgan fingerprint density at radius 3 is 2.46 bits per heavy atom. The van der Waals surface area contributed by atoms with E-state index in [0.717, 1.165) is 23.9 Å². The van der Waals surface area contributed by atoms with E-state index in [2.05, 4.69) is 11.1 Å². The van der Waals surface area contributed by atoms with Crippen LogP contribution in [0.5, 0.6) is 0 Å². The normalized spacial score (nSPS) is 17.9. The lowest BCUT2D eigenvalue weighted by molar-refractivity contribution is -0.130. The third-order valence-electron chi connectivity index (χ3n) is 5.36. The maximum Gasteiger partial charge on any atom is 0.253 e. The molecule has 1 aromatic carbocycles. The largest absolute Gasteiger partial charge is 0.358 e. The van der Waals surface area contributed by atoms with Crippen LogP contribution in [0.1, 0.15) is 41.4 Å². The van der Waals surface area contributed by atoms with E-state index in [1.165, 1.54) is 29.5 Å². The summed E-state index contributed by atoms with van der Waals surface area (Å²) in [6, 6.07) is 6.01. The number of nitrogens with zero attached hydrogens (tertiary/aromatic N) is 2. The highest BCUT2D eigenvalue weighted by Crippen LogP contribution is 2.30. The summed E-state index contributed by atoms with van der Waals surface area (Å²) < 4.78 is 0. The molecule has 1 saturated heterocycles. The fraction of sp³-hybridized carbons (Fsp3) is 0.474. The first-order valence-corrected chi connectivity index (χ1v) is 8.82. The SMILES string of the molecule is CC(=O)N1CCN(C(=O)c2ccc3[nH]c4c(c3c2)CCCC4)CC1. The first-order valence-electron chi connectivity index (χ1n) is 8.82. The van der Waals surface area contributed by atoms with E-state index in [4.69, 9.17) is 0 Å². The van der Waals surface area contributed by atoms with Crippen molar-refractivity contribution < 1.29 is 9.59 Å². The van der Waals surface area contributed by atoms with E-state index in [1.807, 2.05) is 17.0 Å². The highest BCUT2D eigenvalue weighted by Gasteiger charge is 2.24. The Hall–Kier alpha value is -2.30. The maximum absolute atomic E-state index is 12.8. The third kappa shape index (κ3) is 2.58. The zero-order valence-electron chi connectivity index (χ0n) is 14.1. The standard InChI is InChI=1S/C19H23N3O2/c1-13(23)21-8-10-22(11-9-21)19(24)14-6-7-18-16(12-14)15-4-2-3-5-17(15)20-18/h6-7,12,20H,2-5,8-11H2,1H3. The van der Waals surface area contributed by atoms with Crippen LogP contribution in [0.2, 0.25) is 0 Å². The van der Waals surface area contributed by atoms with Crippen LogP contribution < -0.4 is 0 Å². The number of aryl methyl sites for hydroxylation is 2. The molecule has 0 unspecified atom stereocenters. The van der Waals surface area contributed by atoms with Gasteiger partial charge < -0.3 is 14.8 Å². The topological polar surface area (TPSA) is 56.4 Å². The van der Waals surface area contributed by atoms with Gasteiger partial charge in [0.25, 0.3) is 5.91 Å². The molecule has 126 valence electrons. The van der Waals surface area contributed by atoms with Crippen LogP contribution in [-0.2, 0) is 17.6 Å². The molecule has 0 radical (unpaired) electrons. The number of carbonyl (C=O) groups is 2. The van der Waals surface area contributed by atoms with Crippen molar-refractivity contribution in [2.24, 2.45) is 0 Å². The second-order valence-electron chi connectivity index (χ2n) is 6.85. The molecule has 2 aliphatic rings. The molecular formula is C19H23N3O2. The Morgan fingerprint density at radius 2 is 1.71 bits per heavy atom. The lowest BCUT2D eigenvalue weighted by Gasteiger charge is -2.34. The molecule has 5 heteroatoms. The molecule has 1 aliphatic heterocycles. The van der Waals surface area contributed by atoms with E-state index in [-0.39, 0.29) is 11.8 Å². The molecular weight excluding hydrogens is 302 g/mol. The first kappa shape index (κ1) is 15.2. The van der Waals surface area contributed by atoms with Crippen molar-refractivity contribution in [3.8, 4) is 0 Å².